The summed E-state index contributed by atoms with van der Waals surface area (Å²) in [5.41, 5.74) is 5.31. The molecular formula is C30H27N5O2. The van der Waals surface area contributed by atoms with E-state index in [-0.39, 0.29) is 18.4 Å². The summed E-state index contributed by atoms with van der Waals surface area (Å²) in [6, 6.07) is 25.3. The van der Waals surface area contributed by atoms with Crippen LogP contribution in [0.4, 0.5) is 5.95 Å². The highest BCUT2D eigenvalue weighted by Crippen LogP contribution is 2.31. The van der Waals surface area contributed by atoms with Crippen molar-refractivity contribution in [1.29, 1.82) is 0 Å². The maximum atomic E-state index is 13.0. The van der Waals surface area contributed by atoms with Crippen LogP contribution >= 0.6 is 0 Å². The summed E-state index contributed by atoms with van der Waals surface area (Å²) in [7, 11) is 0. The number of amides is 2. The van der Waals surface area contributed by atoms with Crippen molar-refractivity contribution in [3.63, 3.8) is 0 Å². The number of carbonyl (C=O) groups is 2. The van der Waals surface area contributed by atoms with Gasteiger partial charge in [-0.1, -0.05) is 60.7 Å². The van der Waals surface area contributed by atoms with Crippen LogP contribution < -0.4 is 4.90 Å². The van der Waals surface area contributed by atoms with Gasteiger partial charge in [0.1, 0.15) is 0 Å². The van der Waals surface area contributed by atoms with Gasteiger partial charge in [-0.3, -0.25) is 19.4 Å². The zero-order valence-electron chi connectivity index (χ0n) is 20.5. The minimum absolute atomic E-state index is 0.232. The Morgan fingerprint density at radius 2 is 1.05 bits per heavy atom. The summed E-state index contributed by atoms with van der Waals surface area (Å²) in [5.74, 6) is 0.317. The van der Waals surface area contributed by atoms with E-state index in [0.29, 0.717) is 11.1 Å². The van der Waals surface area contributed by atoms with E-state index in [1.165, 1.54) is 10.5 Å². The van der Waals surface area contributed by atoms with E-state index in [1.54, 1.807) is 36.7 Å². The van der Waals surface area contributed by atoms with E-state index in [0.717, 1.165) is 55.4 Å². The first-order valence-electron chi connectivity index (χ1n) is 12.5. The van der Waals surface area contributed by atoms with E-state index in [2.05, 4.69) is 44.0 Å². The number of hydrogen-bond donors (Lipinski definition) is 0. The van der Waals surface area contributed by atoms with Gasteiger partial charge in [-0.15, -0.1) is 0 Å². The summed E-state index contributed by atoms with van der Waals surface area (Å²) in [5, 5.41) is 0. The number of aromatic nitrogens is 2. The number of benzene rings is 3. The van der Waals surface area contributed by atoms with Crippen molar-refractivity contribution in [2.24, 2.45) is 0 Å². The Hall–Kier alpha value is -4.36. The van der Waals surface area contributed by atoms with Crippen LogP contribution in [0.2, 0.25) is 0 Å². The Labute approximate surface area is 216 Å². The third-order valence-corrected chi connectivity index (χ3v) is 7.13. The predicted octanol–water partition coefficient (Wildman–Crippen LogP) is 4.26. The second kappa shape index (κ2) is 9.95. The highest BCUT2D eigenvalue weighted by Gasteiger charge is 2.35. The molecule has 0 atom stereocenters. The molecule has 3 heterocycles. The Balaban J connectivity index is 1.22. The van der Waals surface area contributed by atoms with Gasteiger partial charge in [-0.25, -0.2) is 9.97 Å². The molecule has 2 aliphatic rings. The van der Waals surface area contributed by atoms with Gasteiger partial charge >= 0.3 is 0 Å². The van der Waals surface area contributed by atoms with Crippen molar-refractivity contribution < 1.29 is 9.59 Å². The lowest BCUT2D eigenvalue weighted by Gasteiger charge is -2.35. The van der Waals surface area contributed by atoms with Crippen molar-refractivity contribution in [2.45, 2.75) is 13.1 Å². The summed E-state index contributed by atoms with van der Waals surface area (Å²) in [6.45, 7) is 4.66. The standard InChI is InChI=1S/C30H27N5O2/c36-28-26-12-5-6-13-27(26)29(37)35(28)21-23-9-2-4-11-25(23)24-10-3-1-8-22(24)20-33-16-18-34(19-17-33)30-31-14-7-15-32-30/h1-15H,16-21H2. The molecule has 3 aromatic carbocycles. The zero-order chi connectivity index (χ0) is 25.2. The molecule has 0 radical (unpaired) electrons. The van der Waals surface area contributed by atoms with Crippen LogP contribution in [0.5, 0.6) is 0 Å². The number of rotatable bonds is 6. The van der Waals surface area contributed by atoms with E-state index in [4.69, 9.17) is 0 Å². The maximum absolute atomic E-state index is 13.0. The van der Waals surface area contributed by atoms with Gasteiger partial charge in [0.25, 0.3) is 11.8 Å². The predicted molar refractivity (Wildman–Crippen MR) is 142 cm³/mol. The van der Waals surface area contributed by atoms with Gasteiger partial charge in [0.15, 0.2) is 0 Å². The van der Waals surface area contributed by atoms with Crippen molar-refractivity contribution in [1.82, 2.24) is 19.8 Å². The van der Waals surface area contributed by atoms with Gasteiger partial charge in [0, 0.05) is 45.1 Å². The first kappa shape index (κ1) is 23.1. The molecule has 184 valence electrons. The fraction of sp³-hybridized carbons (Fsp3) is 0.200. The van der Waals surface area contributed by atoms with Crippen molar-refractivity contribution in [3.8, 4) is 11.1 Å². The largest absolute Gasteiger partial charge is 0.338 e. The van der Waals surface area contributed by atoms with Crippen LogP contribution in [0.25, 0.3) is 11.1 Å². The van der Waals surface area contributed by atoms with Crippen LogP contribution in [-0.4, -0.2) is 57.8 Å². The fourth-order valence-corrected chi connectivity index (χ4v) is 5.20. The topological polar surface area (TPSA) is 69.6 Å². The molecule has 0 saturated carbocycles. The SMILES string of the molecule is O=C1c2ccccc2C(=O)N1Cc1ccccc1-c1ccccc1CN1CCN(c2ncccn2)CC1. The minimum Gasteiger partial charge on any atom is -0.338 e. The number of anilines is 1. The molecule has 0 bridgehead atoms. The second-order valence-electron chi connectivity index (χ2n) is 9.37. The molecule has 6 rings (SSSR count). The summed E-state index contributed by atoms with van der Waals surface area (Å²) < 4.78 is 0. The molecule has 37 heavy (non-hydrogen) atoms. The molecule has 0 aliphatic carbocycles. The highest BCUT2D eigenvalue weighted by molar-refractivity contribution is 6.21. The Bertz CT molecular complexity index is 1410. The summed E-state index contributed by atoms with van der Waals surface area (Å²) in [6.07, 6.45) is 3.56. The lowest BCUT2D eigenvalue weighted by atomic mass is 9.94. The van der Waals surface area contributed by atoms with Crippen LogP contribution in [0, 0.1) is 0 Å². The highest BCUT2D eigenvalue weighted by atomic mass is 16.2. The lowest BCUT2D eigenvalue weighted by Crippen LogP contribution is -2.46. The van der Waals surface area contributed by atoms with Crippen molar-refractivity contribution >= 4 is 17.8 Å². The number of fused-ring (bicyclic) bond motifs is 1. The number of imide groups is 1. The number of piperazine rings is 1. The molecule has 4 aromatic rings. The van der Waals surface area contributed by atoms with Gasteiger partial charge in [0.2, 0.25) is 5.95 Å². The minimum atomic E-state index is -0.232. The second-order valence-corrected chi connectivity index (χ2v) is 9.37. The van der Waals surface area contributed by atoms with Gasteiger partial charge in [-0.05, 0) is 40.5 Å². The molecule has 0 unspecified atom stereocenters. The van der Waals surface area contributed by atoms with Crippen LogP contribution in [0.1, 0.15) is 31.8 Å². The van der Waals surface area contributed by atoms with Crippen molar-refractivity contribution in [2.75, 3.05) is 31.1 Å². The Morgan fingerprint density at radius 1 is 0.568 bits per heavy atom. The smallest absolute Gasteiger partial charge is 0.261 e. The van der Waals surface area contributed by atoms with Crippen LogP contribution in [0.3, 0.4) is 0 Å². The molecule has 1 saturated heterocycles. The van der Waals surface area contributed by atoms with Gasteiger partial charge < -0.3 is 4.90 Å². The Morgan fingerprint density at radius 3 is 1.62 bits per heavy atom. The number of nitrogens with zero attached hydrogens (tertiary/aromatic N) is 5. The molecule has 2 amide bonds. The lowest BCUT2D eigenvalue weighted by molar-refractivity contribution is 0.0642. The summed E-state index contributed by atoms with van der Waals surface area (Å²) in [4.78, 5) is 40.8. The van der Waals surface area contributed by atoms with Crippen molar-refractivity contribution in [3.05, 3.63) is 114 Å². The first-order chi connectivity index (χ1) is 18.2. The van der Waals surface area contributed by atoms with Crippen LogP contribution in [-0.2, 0) is 13.1 Å². The fourth-order valence-electron chi connectivity index (χ4n) is 5.20. The third-order valence-electron chi connectivity index (χ3n) is 7.13. The monoisotopic (exact) mass is 489 g/mol. The van der Waals surface area contributed by atoms with E-state index < -0.39 is 0 Å². The third kappa shape index (κ3) is 4.49. The normalized spacial score (nSPS) is 15.8. The molecule has 0 N–H and O–H groups in total. The molecule has 0 spiro atoms. The van der Waals surface area contributed by atoms with E-state index >= 15 is 0 Å². The molecular weight excluding hydrogens is 462 g/mol. The molecule has 1 aromatic heterocycles. The maximum Gasteiger partial charge on any atom is 0.261 e. The van der Waals surface area contributed by atoms with Gasteiger partial charge in [-0.2, -0.15) is 0 Å². The average Bonchev–Trinajstić information content (AvgIpc) is 3.19. The number of hydrogen-bond acceptors (Lipinski definition) is 6. The molecule has 7 heteroatoms. The number of carbonyl (C=O) groups excluding carboxylic acids is 2. The van der Waals surface area contributed by atoms with Crippen LogP contribution in [0.15, 0.2) is 91.3 Å². The summed E-state index contributed by atoms with van der Waals surface area (Å²) >= 11 is 0. The Kier molecular flexibility index (Phi) is 6.20. The molecule has 2 aliphatic heterocycles. The quantitative estimate of drug-likeness (QED) is 0.377. The van der Waals surface area contributed by atoms with E-state index in [9.17, 15) is 9.59 Å². The average molecular weight is 490 g/mol. The molecule has 1 fully saturated rings. The van der Waals surface area contributed by atoms with Gasteiger partial charge in [0.05, 0.1) is 17.7 Å². The van der Waals surface area contributed by atoms with E-state index in [1.807, 2.05) is 30.3 Å². The zero-order valence-corrected chi connectivity index (χ0v) is 20.5. The molecule has 7 nitrogen and oxygen atoms in total. The first-order valence-corrected chi connectivity index (χ1v) is 12.5.